The number of benzene rings is 1. The molecule has 0 aliphatic rings. The van der Waals surface area contributed by atoms with Gasteiger partial charge in [0.15, 0.2) is 0 Å². The number of anilines is 1. The number of rotatable bonds is 6. The first-order chi connectivity index (χ1) is 8.13. The maximum absolute atomic E-state index is 11.7. The number of ether oxygens (including phenoxy) is 1. The largest absolute Gasteiger partial charge is 0.383 e. The molecule has 0 spiro atoms. The maximum Gasteiger partial charge on any atom is 0.261 e. The fourth-order valence-corrected chi connectivity index (χ4v) is 1.38. The maximum atomic E-state index is 11.7. The molecule has 0 saturated carbocycles. The molecule has 0 aliphatic heterocycles. The Kier molecular flexibility index (Phi) is 5.67. The highest BCUT2D eigenvalue weighted by Crippen LogP contribution is 2.19. The van der Waals surface area contributed by atoms with Gasteiger partial charge in [-0.15, -0.1) is 0 Å². The highest BCUT2D eigenvalue weighted by molar-refractivity contribution is 6.32. The number of halogens is 3. The summed E-state index contributed by atoms with van der Waals surface area (Å²) >= 11 is 5.82. The Hall–Kier alpha value is -1.38. The molecule has 0 aromatic heterocycles. The van der Waals surface area contributed by atoms with E-state index in [1.54, 1.807) is 18.2 Å². The van der Waals surface area contributed by atoms with E-state index in [2.05, 4.69) is 5.32 Å². The van der Waals surface area contributed by atoms with Crippen LogP contribution in [0.4, 0.5) is 14.5 Å². The van der Waals surface area contributed by atoms with Gasteiger partial charge in [-0.2, -0.15) is 5.26 Å². The molecule has 6 heteroatoms. The van der Waals surface area contributed by atoms with Gasteiger partial charge in [-0.1, -0.05) is 11.6 Å². The van der Waals surface area contributed by atoms with Crippen molar-refractivity contribution in [1.82, 2.24) is 0 Å². The zero-order valence-electron chi connectivity index (χ0n) is 8.92. The number of nitriles is 1. The third-order valence-corrected chi connectivity index (χ3v) is 2.22. The van der Waals surface area contributed by atoms with Gasteiger partial charge in [-0.25, -0.2) is 8.78 Å². The molecule has 0 aliphatic carbocycles. The standard InChI is InChI=1S/C11H11ClF2N2O/c12-10-5-9(2-1-8(10)6-15)16-3-4-17-7-11(13)14/h1-2,5,11,16H,3-4,7H2. The third-order valence-electron chi connectivity index (χ3n) is 1.91. The van der Waals surface area contributed by atoms with Crippen molar-refractivity contribution in [3.63, 3.8) is 0 Å². The molecule has 92 valence electrons. The third kappa shape index (κ3) is 4.98. The van der Waals surface area contributed by atoms with Crippen molar-refractivity contribution in [2.75, 3.05) is 25.1 Å². The molecule has 0 radical (unpaired) electrons. The van der Waals surface area contributed by atoms with Crippen LogP contribution in [-0.2, 0) is 4.74 Å². The van der Waals surface area contributed by atoms with Gasteiger partial charge in [0.05, 0.1) is 17.2 Å². The van der Waals surface area contributed by atoms with Gasteiger partial charge in [-0.3, -0.25) is 0 Å². The fourth-order valence-electron chi connectivity index (χ4n) is 1.16. The van der Waals surface area contributed by atoms with Crippen LogP contribution >= 0.6 is 11.6 Å². The quantitative estimate of drug-likeness (QED) is 0.800. The second-order valence-electron chi connectivity index (χ2n) is 3.20. The van der Waals surface area contributed by atoms with Gasteiger partial charge in [0.2, 0.25) is 0 Å². The fraction of sp³-hybridized carbons (Fsp3) is 0.364. The summed E-state index contributed by atoms with van der Waals surface area (Å²) in [6, 6.07) is 6.83. The first-order valence-electron chi connectivity index (χ1n) is 4.93. The molecule has 0 amide bonds. The topological polar surface area (TPSA) is 45.0 Å². The molecular formula is C11H11ClF2N2O. The summed E-state index contributed by atoms with van der Waals surface area (Å²) in [6.45, 7) is 0.0206. The van der Waals surface area contributed by atoms with Gasteiger partial charge in [0.1, 0.15) is 12.7 Å². The molecule has 0 saturated heterocycles. The van der Waals surface area contributed by atoms with Crippen molar-refractivity contribution in [2.45, 2.75) is 6.43 Å². The Bertz CT molecular complexity index is 407. The Morgan fingerprint density at radius 2 is 2.24 bits per heavy atom. The van der Waals surface area contributed by atoms with Crippen LogP contribution in [0.5, 0.6) is 0 Å². The lowest BCUT2D eigenvalue weighted by Gasteiger charge is -2.07. The minimum Gasteiger partial charge on any atom is -0.383 e. The molecular weight excluding hydrogens is 250 g/mol. The van der Waals surface area contributed by atoms with E-state index < -0.39 is 13.0 Å². The Morgan fingerprint density at radius 1 is 1.47 bits per heavy atom. The van der Waals surface area contributed by atoms with Crippen LogP contribution in [0, 0.1) is 11.3 Å². The second-order valence-corrected chi connectivity index (χ2v) is 3.61. The first kappa shape index (κ1) is 13.7. The highest BCUT2D eigenvalue weighted by Gasteiger charge is 2.02. The van der Waals surface area contributed by atoms with Crippen LogP contribution in [0.15, 0.2) is 18.2 Å². The van der Waals surface area contributed by atoms with Crippen LogP contribution in [0.3, 0.4) is 0 Å². The van der Waals surface area contributed by atoms with Crippen molar-refractivity contribution in [3.05, 3.63) is 28.8 Å². The number of nitrogens with zero attached hydrogens (tertiary/aromatic N) is 1. The van der Waals surface area contributed by atoms with Gasteiger partial charge >= 0.3 is 0 Å². The van der Waals surface area contributed by atoms with E-state index in [4.69, 9.17) is 21.6 Å². The van der Waals surface area contributed by atoms with Crippen molar-refractivity contribution in [1.29, 1.82) is 5.26 Å². The van der Waals surface area contributed by atoms with E-state index in [1.807, 2.05) is 6.07 Å². The lowest BCUT2D eigenvalue weighted by atomic mass is 10.2. The monoisotopic (exact) mass is 260 g/mol. The molecule has 1 aromatic rings. The SMILES string of the molecule is N#Cc1ccc(NCCOCC(F)F)cc1Cl. The van der Waals surface area contributed by atoms with E-state index in [0.717, 1.165) is 5.69 Å². The summed E-state index contributed by atoms with van der Waals surface area (Å²) in [6.07, 6.45) is -2.45. The van der Waals surface area contributed by atoms with Gasteiger partial charge < -0.3 is 10.1 Å². The lowest BCUT2D eigenvalue weighted by molar-refractivity contribution is 0.0215. The molecule has 0 unspecified atom stereocenters. The average molecular weight is 261 g/mol. The average Bonchev–Trinajstić information content (AvgIpc) is 2.28. The summed E-state index contributed by atoms with van der Waals surface area (Å²) < 4.78 is 28.1. The van der Waals surface area contributed by atoms with E-state index >= 15 is 0 Å². The predicted octanol–water partition coefficient (Wildman–Crippen LogP) is 2.91. The summed E-state index contributed by atoms with van der Waals surface area (Å²) in [5.41, 5.74) is 1.11. The summed E-state index contributed by atoms with van der Waals surface area (Å²) in [5, 5.41) is 12.0. The minimum atomic E-state index is -2.45. The molecule has 1 rings (SSSR count). The summed E-state index contributed by atoms with van der Waals surface area (Å²) in [5.74, 6) is 0. The number of alkyl halides is 2. The van der Waals surface area contributed by atoms with Gasteiger partial charge in [-0.05, 0) is 18.2 Å². The summed E-state index contributed by atoms with van der Waals surface area (Å²) in [4.78, 5) is 0. The lowest BCUT2D eigenvalue weighted by Crippen LogP contribution is -2.13. The van der Waals surface area contributed by atoms with Crippen LogP contribution < -0.4 is 5.32 Å². The highest BCUT2D eigenvalue weighted by atomic mass is 35.5. The number of nitrogens with one attached hydrogen (secondary N) is 1. The van der Waals surface area contributed by atoms with Crippen molar-refractivity contribution < 1.29 is 13.5 Å². The van der Waals surface area contributed by atoms with Crippen molar-refractivity contribution in [2.24, 2.45) is 0 Å². The van der Waals surface area contributed by atoms with Gasteiger partial charge in [0, 0.05) is 12.2 Å². The molecule has 1 aromatic carbocycles. The molecule has 0 heterocycles. The minimum absolute atomic E-state index is 0.183. The zero-order chi connectivity index (χ0) is 12.7. The molecule has 0 bridgehead atoms. The predicted molar refractivity (Wildman–Crippen MR) is 61.5 cm³/mol. The van der Waals surface area contributed by atoms with Gasteiger partial charge in [0.25, 0.3) is 6.43 Å². The molecule has 0 fully saturated rings. The normalized spacial score (nSPS) is 10.3. The van der Waals surface area contributed by atoms with E-state index in [1.165, 1.54) is 0 Å². The van der Waals surface area contributed by atoms with E-state index in [9.17, 15) is 8.78 Å². The Labute approximate surface area is 103 Å². The molecule has 17 heavy (non-hydrogen) atoms. The Balaban J connectivity index is 2.33. The number of hydrogen-bond donors (Lipinski definition) is 1. The summed E-state index contributed by atoms with van der Waals surface area (Å²) in [7, 11) is 0. The van der Waals surface area contributed by atoms with E-state index in [-0.39, 0.29) is 6.61 Å². The molecule has 3 nitrogen and oxygen atoms in total. The number of hydrogen-bond acceptors (Lipinski definition) is 3. The van der Waals surface area contributed by atoms with Crippen LogP contribution in [0.25, 0.3) is 0 Å². The van der Waals surface area contributed by atoms with Crippen LogP contribution in [0.1, 0.15) is 5.56 Å². The second kappa shape index (κ2) is 7.05. The zero-order valence-corrected chi connectivity index (χ0v) is 9.68. The van der Waals surface area contributed by atoms with Crippen LogP contribution in [-0.4, -0.2) is 26.2 Å². The van der Waals surface area contributed by atoms with Crippen molar-refractivity contribution in [3.8, 4) is 6.07 Å². The van der Waals surface area contributed by atoms with E-state index in [0.29, 0.717) is 17.1 Å². The Morgan fingerprint density at radius 3 is 2.82 bits per heavy atom. The van der Waals surface area contributed by atoms with Crippen LogP contribution in [0.2, 0.25) is 5.02 Å². The van der Waals surface area contributed by atoms with Crippen molar-refractivity contribution >= 4 is 17.3 Å². The molecule has 1 N–H and O–H groups in total. The molecule has 0 atom stereocenters. The smallest absolute Gasteiger partial charge is 0.261 e. The first-order valence-corrected chi connectivity index (χ1v) is 5.30.